The molecule has 20 heavy (non-hydrogen) atoms. The maximum Gasteiger partial charge on any atom is 0.337 e. The largest absolute Gasteiger partial charge is 0.478 e. The second kappa shape index (κ2) is 5.56. The molecule has 0 aliphatic rings. The van der Waals surface area contributed by atoms with Crippen LogP contribution in [0.3, 0.4) is 0 Å². The minimum Gasteiger partial charge on any atom is -0.478 e. The van der Waals surface area contributed by atoms with Crippen LogP contribution in [-0.4, -0.2) is 17.0 Å². The van der Waals surface area contributed by atoms with Gasteiger partial charge in [-0.15, -0.1) is 0 Å². The van der Waals surface area contributed by atoms with E-state index in [4.69, 9.17) is 32.7 Å². The summed E-state index contributed by atoms with van der Waals surface area (Å²) in [5.41, 5.74) is -0.221. The molecule has 1 amide bonds. The molecule has 0 spiro atoms. The molecule has 7 heteroatoms. The van der Waals surface area contributed by atoms with Crippen LogP contribution in [0.2, 0.25) is 10.0 Å². The number of amides is 1. The molecule has 0 unspecified atom stereocenters. The molecule has 0 saturated carbocycles. The molecule has 5 nitrogen and oxygen atoms in total. The molecule has 2 aromatic rings. The summed E-state index contributed by atoms with van der Waals surface area (Å²) < 4.78 is 5.15. The van der Waals surface area contributed by atoms with E-state index in [9.17, 15) is 9.59 Å². The minimum atomic E-state index is -1.25. The second-order valence-electron chi connectivity index (χ2n) is 3.98. The standard InChI is InChI=1S/C13H9Cl2NO4/c1-6-2-3-10(20-6)12(17)16-11-8(13(18)19)4-7(14)5-9(11)15/h2-5H,1H3,(H,16,17)(H,18,19). The van der Waals surface area contributed by atoms with Crippen molar-refractivity contribution in [3.63, 3.8) is 0 Å². The number of carbonyl (C=O) groups is 2. The van der Waals surface area contributed by atoms with Crippen molar-refractivity contribution in [2.45, 2.75) is 6.92 Å². The predicted molar refractivity (Wildman–Crippen MR) is 74.8 cm³/mol. The number of carboxylic acid groups (broad SMARTS) is 1. The Kier molecular flexibility index (Phi) is 4.01. The van der Waals surface area contributed by atoms with Crippen molar-refractivity contribution in [2.75, 3.05) is 5.32 Å². The fraction of sp³-hybridized carbons (Fsp3) is 0.0769. The van der Waals surface area contributed by atoms with Crippen molar-refractivity contribution in [3.05, 3.63) is 51.4 Å². The Labute approximate surface area is 124 Å². The van der Waals surface area contributed by atoms with Crippen molar-refractivity contribution in [1.82, 2.24) is 0 Å². The van der Waals surface area contributed by atoms with Gasteiger partial charge in [-0.05, 0) is 31.2 Å². The number of nitrogens with one attached hydrogen (secondary N) is 1. The second-order valence-corrected chi connectivity index (χ2v) is 4.82. The first-order valence-corrected chi connectivity index (χ1v) is 6.24. The first-order chi connectivity index (χ1) is 9.38. The monoisotopic (exact) mass is 313 g/mol. The van der Waals surface area contributed by atoms with Crippen LogP contribution < -0.4 is 5.32 Å². The molecular formula is C13H9Cl2NO4. The molecule has 0 atom stereocenters. The van der Waals surface area contributed by atoms with Gasteiger partial charge < -0.3 is 14.8 Å². The van der Waals surface area contributed by atoms with E-state index >= 15 is 0 Å². The quantitative estimate of drug-likeness (QED) is 0.902. The number of rotatable bonds is 3. The third kappa shape index (κ3) is 2.95. The first-order valence-electron chi connectivity index (χ1n) is 5.48. The Morgan fingerprint density at radius 3 is 2.50 bits per heavy atom. The topological polar surface area (TPSA) is 79.5 Å². The van der Waals surface area contributed by atoms with Crippen LogP contribution in [-0.2, 0) is 0 Å². The van der Waals surface area contributed by atoms with Crippen LogP contribution in [0, 0.1) is 6.92 Å². The molecule has 0 aliphatic heterocycles. The maximum atomic E-state index is 11.9. The van der Waals surface area contributed by atoms with Gasteiger partial charge in [-0.2, -0.15) is 0 Å². The lowest BCUT2D eigenvalue weighted by Crippen LogP contribution is -2.14. The van der Waals surface area contributed by atoms with Gasteiger partial charge in [0.2, 0.25) is 0 Å². The molecular weight excluding hydrogens is 305 g/mol. The van der Waals surface area contributed by atoms with E-state index in [0.29, 0.717) is 5.76 Å². The van der Waals surface area contributed by atoms with Crippen LogP contribution >= 0.6 is 23.2 Å². The van der Waals surface area contributed by atoms with E-state index in [1.54, 1.807) is 13.0 Å². The highest BCUT2D eigenvalue weighted by molar-refractivity contribution is 6.38. The number of halogens is 2. The molecule has 2 N–H and O–H groups in total. The molecule has 1 aromatic heterocycles. The normalized spacial score (nSPS) is 10.3. The molecule has 2 rings (SSSR count). The van der Waals surface area contributed by atoms with Gasteiger partial charge in [-0.3, -0.25) is 4.79 Å². The fourth-order valence-corrected chi connectivity index (χ4v) is 2.14. The summed E-state index contributed by atoms with van der Waals surface area (Å²) in [7, 11) is 0. The van der Waals surface area contributed by atoms with E-state index in [0.717, 1.165) is 0 Å². The number of carboxylic acids is 1. The van der Waals surface area contributed by atoms with E-state index in [1.807, 2.05) is 0 Å². The zero-order valence-corrected chi connectivity index (χ0v) is 11.7. The molecule has 0 aliphatic carbocycles. The summed E-state index contributed by atoms with van der Waals surface area (Å²) >= 11 is 11.7. The van der Waals surface area contributed by atoms with E-state index < -0.39 is 11.9 Å². The summed E-state index contributed by atoms with van der Waals surface area (Å²) in [5.74, 6) is -1.22. The number of hydrogen-bond donors (Lipinski definition) is 2. The molecule has 1 aromatic carbocycles. The summed E-state index contributed by atoms with van der Waals surface area (Å²) in [6, 6.07) is 5.66. The highest BCUT2D eigenvalue weighted by Gasteiger charge is 2.19. The van der Waals surface area contributed by atoms with E-state index in [-0.39, 0.29) is 27.1 Å². The lowest BCUT2D eigenvalue weighted by atomic mass is 10.1. The molecule has 0 saturated heterocycles. The Bertz CT molecular complexity index is 694. The summed E-state index contributed by atoms with van der Waals surface area (Å²) in [4.78, 5) is 23.1. The lowest BCUT2D eigenvalue weighted by molar-refractivity contribution is 0.0698. The van der Waals surface area contributed by atoms with Gasteiger partial charge >= 0.3 is 5.97 Å². The highest BCUT2D eigenvalue weighted by atomic mass is 35.5. The third-order valence-corrected chi connectivity index (χ3v) is 3.00. The predicted octanol–water partition coefficient (Wildman–Crippen LogP) is 3.85. The Hall–Kier alpha value is -1.98. The smallest absolute Gasteiger partial charge is 0.337 e. The molecule has 1 heterocycles. The van der Waals surface area contributed by atoms with Gasteiger partial charge in [-0.1, -0.05) is 23.2 Å². The van der Waals surface area contributed by atoms with Gasteiger partial charge in [0, 0.05) is 5.02 Å². The number of furan rings is 1. The average Bonchev–Trinajstić information content (AvgIpc) is 2.78. The SMILES string of the molecule is Cc1ccc(C(=O)Nc2c(Cl)cc(Cl)cc2C(=O)O)o1. The molecule has 0 radical (unpaired) electrons. The Morgan fingerprint density at radius 1 is 1.25 bits per heavy atom. The van der Waals surface area contributed by atoms with Gasteiger partial charge in [0.25, 0.3) is 5.91 Å². The van der Waals surface area contributed by atoms with Crippen LogP contribution in [0.15, 0.2) is 28.7 Å². The number of aromatic carboxylic acids is 1. The number of aryl methyl sites for hydroxylation is 1. The third-order valence-electron chi connectivity index (χ3n) is 2.49. The summed E-state index contributed by atoms with van der Waals surface area (Å²) in [6.07, 6.45) is 0. The zero-order valence-electron chi connectivity index (χ0n) is 10.2. The van der Waals surface area contributed by atoms with E-state index in [2.05, 4.69) is 5.32 Å². The van der Waals surface area contributed by atoms with Gasteiger partial charge in [-0.25, -0.2) is 4.79 Å². The van der Waals surface area contributed by atoms with Crippen molar-refractivity contribution in [1.29, 1.82) is 0 Å². The Morgan fingerprint density at radius 2 is 1.95 bits per heavy atom. The molecule has 104 valence electrons. The zero-order chi connectivity index (χ0) is 14.9. The van der Waals surface area contributed by atoms with Crippen LogP contribution in [0.4, 0.5) is 5.69 Å². The Balaban J connectivity index is 2.38. The van der Waals surface area contributed by atoms with Crippen LogP contribution in [0.25, 0.3) is 0 Å². The highest BCUT2D eigenvalue weighted by Crippen LogP contribution is 2.30. The fourth-order valence-electron chi connectivity index (χ4n) is 1.60. The number of carbonyl (C=O) groups excluding carboxylic acids is 1. The van der Waals surface area contributed by atoms with Crippen molar-refractivity contribution < 1.29 is 19.1 Å². The lowest BCUT2D eigenvalue weighted by Gasteiger charge is -2.10. The van der Waals surface area contributed by atoms with Gasteiger partial charge in [0.1, 0.15) is 5.76 Å². The minimum absolute atomic E-state index is 0.0254. The molecule has 0 bridgehead atoms. The van der Waals surface area contributed by atoms with Crippen LogP contribution in [0.5, 0.6) is 0 Å². The van der Waals surface area contributed by atoms with Crippen molar-refractivity contribution in [2.24, 2.45) is 0 Å². The maximum absolute atomic E-state index is 11.9. The summed E-state index contributed by atoms with van der Waals surface area (Å²) in [6.45, 7) is 1.69. The summed E-state index contributed by atoms with van der Waals surface area (Å²) in [5, 5.41) is 11.7. The van der Waals surface area contributed by atoms with Gasteiger partial charge in [0.05, 0.1) is 16.3 Å². The van der Waals surface area contributed by atoms with Crippen molar-refractivity contribution >= 4 is 40.8 Å². The molecule has 0 fully saturated rings. The first kappa shape index (κ1) is 14.4. The average molecular weight is 314 g/mol. The number of anilines is 1. The van der Waals surface area contributed by atoms with Crippen LogP contribution in [0.1, 0.15) is 26.7 Å². The van der Waals surface area contributed by atoms with E-state index in [1.165, 1.54) is 18.2 Å². The van der Waals surface area contributed by atoms with Gasteiger partial charge in [0.15, 0.2) is 5.76 Å². The number of hydrogen-bond acceptors (Lipinski definition) is 3. The number of benzene rings is 1. The van der Waals surface area contributed by atoms with Crippen molar-refractivity contribution in [3.8, 4) is 0 Å².